The third-order valence-corrected chi connectivity index (χ3v) is 6.66. The lowest BCUT2D eigenvalue weighted by Gasteiger charge is -2.25. The zero-order valence-corrected chi connectivity index (χ0v) is 15.1. The van der Waals surface area contributed by atoms with E-state index in [-0.39, 0.29) is 4.90 Å². The molecule has 3 rings (SSSR count). The summed E-state index contributed by atoms with van der Waals surface area (Å²) in [6.45, 7) is 1.58. The standard InChI is InChI=1S/C17H17N3O3S2/c18-11-14-2-1-3-15(10-14)13-24-17-5-4-16(12-19-17)25(21,22)20-6-8-23-9-7-20/h1-5,10,12H,6-9,13H2. The summed E-state index contributed by atoms with van der Waals surface area (Å²) in [5.41, 5.74) is 1.65. The van der Waals surface area contributed by atoms with E-state index in [9.17, 15) is 8.42 Å². The lowest BCUT2D eigenvalue weighted by atomic mass is 10.2. The molecule has 1 aromatic heterocycles. The normalized spacial score (nSPS) is 15.6. The van der Waals surface area contributed by atoms with Gasteiger partial charge in [-0.2, -0.15) is 9.57 Å². The minimum Gasteiger partial charge on any atom is -0.379 e. The summed E-state index contributed by atoms with van der Waals surface area (Å²) in [5.74, 6) is 0.665. The van der Waals surface area contributed by atoms with Crippen LogP contribution < -0.4 is 0 Å². The fraction of sp³-hybridized carbons (Fsp3) is 0.294. The number of thioether (sulfide) groups is 1. The van der Waals surface area contributed by atoms with E-state index >= 15 is 0 Å². The van der Waals surface area contributed by atoms with Crippen LogP contribution in [-0.4, -0.2) is 44.0 Å². The molecule has 0 saturated carbocycles. The maximum absolute atomic E-state index is 12.5. The minimum absolute atomic E-state index is 0.199. The molecule has 2 aromatic rings. The molecule has 1 aliphatic heterocycles. The van der Waals surface area contributed by atoms with Gasteiger partial charge in [-0.1, -0.05) is 12.1 Å². The first-order valence-corrected chi connectivity index (χ1v) is 10.2. The van der Waals surface area contributed by atoms with Crippen molar-refractivity contribution in [1.82, 2.24) is 9.29 Å². The molecular formula is C17H17N3O3S2. The van der Waals surface area contributed by atoms with Gasteiger partial charge >= 0.3 is 0 Å². The molecule has 0 bridgehead atoms. The molecule has 25 heavy (non-hydrogen) atoms. The largest absolute Gasteiger partial charge is 0.379 e. The third-order valence-electron chi connectivity index (χ3n) is 3.76. The van der Waals surface area contributed by atoms with Gasteiger partial charge in [-0.25, -0.2) is 13.4 Å². The van der Waals surface area contributed by atoms with Crippen molar-refractivity contribution < 1.29 is 13.2 Å². The van der Waals surface area contributed by atoms with E-state index in [1.54, 1.807) is 18.2 Å². The molecule has 8 heteroatoms. The number of hydrogen-bond acceptors (Lipinski definition) is 6. The molecular weight excluding hydrogens is 358 g/mol. The Morgan fingerprint density at radius 1 is 1.24 bits per heavy atom. The van der Waals surface area contributed by atoms with Gasteiger partial charge in [0, 0.05) is 25.0 Å². The van der Waals surface area contributed by atoms with E-state index in [0.29, 0.717) is 37.6 Å². The van der Waals surface area contributed by atoms with E-state index in [4.69, 9.17) is 10.00 Å². The molecule has 0 amide bonds. The Labute approximate surface area is 151 Å². The smallest absolute Gasteiger partial charge is 0.244 e. The molecule has 0 radical (unpaired) electrons. The average molecular weight is 375 g/mol. The van der Waals surface area contributed by atoms with Crippen molar-refractivity contribution in [2.45, 2.75) is 15.7 Å². The van der Waals surface area contributed by atoms with Crippen molar-refractivity contribution >= 4 is 21.8 Å². The Morgan fingerprint density at radius 2 is 2.04 bits per heavy atom. The first kappa shape index (κ1) is 17.9. The Bertz CT molecular complexity index is 871. The highest BCUT2D eigenvalue weighted by Crippen LogP contribution is 2.23. The van der Waals surface area contributed by atoms with E-state index < -0.39 is 10.0 Å². The summed E-state index contributed by atoms with van der Waals surface area (Å²) in [6.07, 6.45) is 1.40. The van der Waals surface area contributed by atoms with Crippen LogP contribution in [-0.2, 0) is 20.5 Å². The second-order valence-electron chi connectivity index (χ2n) is 5.45. The quantitative estimate of drug-likeness (QED) is 0.746. The molecule has 0 atom stereocenters. The van der Waals surface area contributed by atoms with Crippen LogP contribution >= 0.6 is 11.8 Å². The lowest BCUT2D eigenvalue weighted by molar-refractivity contribution is 0.0730. The van der Waals surface area contributed by atoms with Crippen LogP contribution in [0.25, 0.3) is 0 Å². The predicted molar refractivity (Wildman–Crippen MR) is 94.5 cm³/mol. The van der Waals surface area contributed by atoms with E-state index in [2.05, 4.69) is 11.1 Å². The molecule has 0 unspecified atom stereocenters. The SMILES string of the molecule is N#Cc1cccc(CSc2ccc(S(=O)(=O)N3CCOCC3)cn2)c1. The molecule has 2 heterocycles. The Balaban J connectivity index is 1.66. The van der Waals surface area contributed by atoms with Gasteiger partial charge in [0.05, 0.1) is 29.9 Å². The summed E-state index contributed by atoms with van der Waals surface area (Å²) in [4.78, 5) is 4.46. The number of nitrogens with zero attached hydrogens (tertiary/aromatic N) is 3. The molecule has 0 N–H and O–H groups in total. The second kappa shape index (κ2) is 7.97. The highest BCUT2D eigenvalue weighted by molar-refractivity contribution is 7.98. The number of aromatic nitrogens is 1. The summed E-state index contributed by atoms with van der Waals surface area (Å²) in [7, 11) is -3.51. The highest BCUT2D eigenvalue weighted by Gasteiger charge is 2.26. The average Bonchev–Trinajstić information content (AvgIpc) is 2.67. The number of rotatable bonds is 5. The second-order valence-corrected chi connectivity index (χ2v) is 8.38. The number of hydrogen-bond donors (Lipinski definition) is 0. The Morgan fingerprint density at radius 3 is 2.72 bits per heavy atom. The van der Waals surface area contributed by atoms with Gasteiger partial charge in [-0.15, -0.1) is 11.8 Å². The maximum atomic E-state index is 12.5. The van der Waals surface area contributed by atoms with Crippen molar-refractivity contribution in [3.8, 4) is 6.07 Å². The van der Waals surface area contributed by atoms with Crippen LogP contribution in [0.4, 0.5) is 0 Å². The summed E-state index contributed by atoms with van der Waals surface area (Å²) >= 11 is 1.50. The predicted octanol–water partition coefficient (Wildman–Crippen LogP) is 2.27. The van der Waals surface area contributed by atoms with Gasteiger partial charge in [-0.05, 0) is 29.8 Å². The van der Waals surface area contributed by atoms with Crippen molar-refractivity contribution in [1.29, 1.82) is 5.26 Å². The van der Waals surface area contributed by atoms with Crippen LogP contribution in [0.15, 0.2) is 52.5 Å². The lowest BCUT2D eigenvalue weighted by Crippen LogP contribution is -2.40. The maximum Gasteiger partial charge on any atom is 0.244 e. The Hall–Kier alpha value is -1.92. The molecule has 0 aliphatic carbocycles. The van der Waals surface area contributed by atoms with Gasteiger partial charge < -0.3 is 4.74 Å². The van der Waals surface area contributed by atoms with Crippen molar-refractivity contribution in [3.05, 3.63) is 53.7 Å². The van der Waals surface area contributed by atoms with Crippen LogP contribution in [0.3, 0.4) is 0 Å². The van der Waals surface area contributed by atoms with Crippen molar-refractivity contribution in [2.75, 3.05) is 26.3 Å². The van der Waals surface area contributed by atoms with Gasteiger partial charge in [0.1, 0.15) is 4.90 Å². The van der Waals surface area contributed by atoms with Crippen LogP contribution in [0, 0.1) is 11.3 Å². The topological polar surface area (TPSA) is 83.3 Å². The highest BCUT2D eigenvalue weighted by atomic mass is 32.2. The number of ether oxygens (including phenoxy) is 1. The number of pyridine rings is 1. The zero-order valence-electron chi connectivity index (χ0n) is 13.5. The number of benzene rings is 1. The third kappa shape index (κ3) is 4.38. The molecule has 0 spiro atoms. The van der Waals surface area contributed by atoms with Gasteiger partial charge in [-0.3, -0.25) is 0 Å². The Kier molecular flexibility index (Phi) is 5.71. The van der Waals surface area contributed by atoms with Crippen LogP contribution in [0.2, 0.25) is 0 Å². The summed E-state index contributed by atoms with van der Waals surface area (Å²) in [5, 5.41) is 9.66. The summed E-state index contributed by atoms with van der Waals surface area (Å²) < 4.78 is 31.7. The summed E-state index contributed by atoms with van der Waals surface area (Å²) in [6, 6.07) is 12.8. The van der Waals surface area contributed by atoms with Gasteiger partial charge in [0.2, 0.25) is 10.0 Å². The molecule has 6 nitrogen and oxygen atoms in total. The fourth-order valence-corrected chi connectivity index (χ4v) is 4.57. The van der Waals surface area contributed by atoms with E-state index in [1.807, 2.05) is 18.2 Å². The number of morpholine rings is 1. The van der Waals surface area contributed by atoms with E-state index in [1.165, 1.54) is 22.3 Å². The molecule has 1 aromatic carbocycles. The molecule has 1 fully saturated rings. The van der Waals surface area contributed by atoms with Gasteiger partial charge in [0.15, 0.2) is 0 Å². The van der Waals surface area contributed by atoms with E-state index in [0.717, 1.165) is 10.6 Å². The van der Waals surface area contributed by atoms with Crippen LogP contribution in [0.1, 0.15) is 11.1 Å². The minimum atomic E-state index is -3.51. The number of nitriles is 1. The fourth-order valence-electron chi connectivity index (χ4n) is 2.43. The zero-order chi connectivity index (χ0) is 17.7. The van der Waals surface area contributed by atoms with Crippen molar-refractivity contribution in [2.24, 2.45) is 0 Å². The first-order valence-electron chi connectivity index (χ1n) is 7.75. The monoisotopic (exact) mass is 375 g/mol. The van der Waals surface area contributed by atoms with Gasteiger partial charge in [0.25, 0.3) is 0 Å². The molecule has 1 aliphatic rings. The number of sulfonamides is 1. The van der Waals surface area contributed by atoms with Crippen molar-refractivity contribution in [3.63, 3.8) is 0 Å². The van der Waals surface area contributed by atoms with Crippen LogP contribution in [0.5, 0.6) is 0 Å². The molecule has 130 valence electrons. The first-order chi connectivity index (χ1) is 12.1. The molecule has 1 saturated heterocycles.